The van der Waals surface area contributed by atoms with Crippen molar-refractivity contribution in [2.45, 2.75) is 46.3 Å². The molecule has 0 atom stereocenters. The van der Waals surface area contributed by atoms with Crippen molar-refractivity contribution in [3.8, 4) is 0 Å². The number of aromatic amines is 1. The van der Waals surface area contributed by atoms with Crippen LogP contribution in [0.25, 0.3) is 21.9 Å². The summed E-state index contributed by atoms with van der Waals surface area (Å²) in [6.45, 7) is 10.1. The smallest absolute Gasteiger partial charge is 0.277 e. The van der Waals surface area contributed by atoms with Gasteiger partial charge in [-0.2, -0.15) is 0 Å². The molecule has 0 amide bonds. The van der Waals surface area contributed by atoms with Gasteiger partial charge in [0.05, 0.1) is 6.33 Å². The lowest BCUT2D eigenvalue weighted by atomic mass is 10.2. The van der Waals surface area contributed by atoms with Gasteiger partial charge in [-0.25, -0.2) is 4.98 Å². The second-order valence-electron chi connectivity index (χ2n) is 6.71. The highest BCUT2D eigenvalue weighted by molar-refractivity contribution is 6.31. The first kappa shape index (κ1) is 17.0. The maximum Gasteiger partial charge on any atom is 0.277 e. The van der Waals surface area contributed by atoms with Gasteiger partial charge in [-0.15, -0.1) is 0 Å². The predicted octanol–water partition coefficient (Wildman–Crippen LogP) is 3.65. The maximum atomic E-state index is 12.8. The molecule has 2 aromatic heterocycles. The molecule has 0 radical (unpaired) electrons. The van der Waals surface area contributed by atoms with Gasteiger partial charge in [-0.05, 0) is 45.9 Å². The van der Waals surface area contributed by atoms with Crippen molar-refractivity contribution in [2.75, 3.05) is 6.54 Å². The summed E-state index contributed by atoms with van der Waals surface area (Å²) in [5.41, 5.74) is 2.05. The number of benzene rings is 1. The lowest BCUT2D eigenvalue weighted by Crippen LogP contribution is -2.40. The van der Waals surface area contributed by atoms with Gasteiger partial charge in [0, 0.05) is 41.1 Å². The Kier molecular flexibility index (Phi) is 4.65. The van der Waals surface area contributed by atoms with Crippen molar-refractivity contribution in [2.24, 2.45) is 0 Å². The molecule has 24 heavy (non-hydrogen) atoms. The van der Waals surface area contributed by atoms with Crippen LogP contribution in [0.1, 0.15) is 27.7 Å². The van der Waals surface area contributed by atoms with Crippen molar-refractivity contribution < 1.29 is 0 Å². The fourth-order valence-electron chi connectivity index (χ4n) is 3.26. The second-order valence-corrected chi connectivity index (χ2v) is 7.14. The highest BCUT2D eigenvalue weighted by Crippen LogP contribution is 2.24. The van der Waals surface area contributed by atoms with E-state index in [0.717, 1.165) is 17.4 Å². The quantitative estimate of drug-likeness (QED) is 0.767. The summed E-state index contributed by atoms with van der Waals surface area (Å²) in [4.78, 5) is 22.8. The molecule has 3 rings (SSSR count). The Morgan fingerprint density at radius 2 is 1.96 bits per heavy atom. The fourth-order valence-corrected chi connectivity index (χ4v) is 3.43. The second kappa shape index (κ2) is 6.57. The van der Waals surface area contributed by atoms with Gasteiger partial charge in [0.15, 0.2) is 0 Å². The van der Waals surface area contributed by atoms with Crippen LogP contribution in [0.15, 0.2) is 29.3 Å². The molecule has 0 bridgehead atoms. The van der Waals surface area contributed by atoms with Crippen molar-refractivity contribution in [3.63, 3.8) is 0 Å². The van der Waals surface area contributed by atoms with Crippen molar-refractivity contribution in [3.05, 3.63) is 39.9 Å². The summed E-state index contributed by atoms with van der Waals surface area (Å²) >= 11 is 6.06. The van der Waals surface area contributed by atoms with E-state index in [1.807, 2.05) is 12.1 Å². The summed E-state index contributed by atoms with van der Waals surface area (Å²) in [7, 11) is 0. The lowest BCUT2D eigenvalue weighted by Gasteiger charge is -2.30. The molecule has 0 spiro atoms. The SMILES string of the molecule is CC(C)N(CCn1cnc2c([nH]c3ccc(Cl)cc32)c1=O)C(C)C. The largest absolute Gasteiger partial charge is 0.349 e. The number of fused-ring (bicyclic) bond motifs is 3. The molecular weight excluding hydrogens is 324 g/mol. The molecule has 0 aliphatic heterocycles. The fraction of sp³-hybridized carbons (Fsp3) is 0.444. The van der Waals surface area contributed by atoms with Gasteiger partial charge < -0.3 is 4.98 Å². The Balaban J connectivity index is 1.97. The molecule has 0 saturated heterocycles. The van der Waals surface area contributed by atoms with Gasteiger partial charge in [-0.3, -0.25) is 14.3 Å². The van der Waals surface area contributed by atoms with Crippen LogP contribution >= 0.6 is 11.6 Å². The summed E-state index contributed by atoms with van der Waals surface area (Å²) in [5.74, 6) is 0. The molecule has 0 fully saturated rings. The number of hydrogen-bond acceptors (Lipinski definition) is 3. The Morgan fingerprint density at radius 3 is 2.62 bits per heavy atom. The number of aromatic nitrogens is 3. The van der Waals surface area contributed by atoms with Crippen LogP contribution in [-0.4, -0.2) is 38.1 Å². The maximum absolute atomic E-state index is 12.8. The minimum Gasteiger partial charge on any atom is -0.349 e. The van der Waals surface area contributed by atoms with Gasteiger partial charge in [0.2, 0.25) is 0 Å². The molecule has 0 aliphatic carbocycles. The topological polar surface area (TPSA) is 53.9 Å². The number of hydrogen-bond donors (Lipinski definition) is 1. The van der Waals surface area contributed by atoms with E-state index < -0.39 is 0 Å². The van der Waals surface area contributed by atoms with E-state index in [1.165, 1.54) is 0 Å². The van der Waals surface area contributed by atoms with Gasteiger partial charge in [-0.1, -0.05) is 11.6 Å². The van der Waals surface area contributed by atoms with E-state index in [2.05, 4.69) is 42.6 Å². The molecule has 1 aromatic carbocycles. The molecular formula is C18H23ClN4O. The summed E-state index contributed by atoms with van der Waals surface area (Å²) in [6, 6.07) is 6.40. The van der Waals surface area contributed by atoms with Gasteiger partial charge in [0.1, 0.15) is 11.0 Å². The Morgan fingerprint density at radius 1 is 1.25 bits per heavy atom. The highest BCUT2D eigenvalue weighted by Gasteiger charge is 2.15. The third-order valence-corrected chi connectivity index (χ3v) is 4.69. The zero-order chi connectivity index (χ0) is 17.4. The first-order valence-corrected chi connectivity index (χ1v) is 8.68. The highest BCUT2D eigenvalue weighted by atomic mass is 35.5. The molecule has 128 valence electrons. The molecule has 5 nitrogen and oxygen atoms in total. The number of rotatable bonds is 5. The van der Waals surface area contributed by atoms with Crippen LogP contribution in [0.3, 0.4) is 0 Å². The average Bonchev–Trinajstić information content (AvgIpc) is 2.87. The van der Waals surface area contributed by atoms with E-state index in [0.29, 0.717) is 34.7 Å². The third kappa shape index (κ3) is 3.06. The van der Waals surface area contributed by atoms with Crippen LogP contribution in [-0.2, 0) is 6.54 Å². The van der Waals surface area contributed by atoms with Gasteiger partial charge in [0.25, 0.3) is 5.56 Å². The molecule has 0 unspecified atom stereocenters. The first-order chi connectivity index (χ1) is 11.4. The molecule has 3 aromatic rings. The molecule has 0 saturated carbocycles. The minimum atomic E-state index is -0.0419. The van der Waals surface area contributed by atoms with Crippen LogP contribution in [0.2, 0.25) is 5.02 Å². The monoisotopic (exact) mass is 346 g/mol. The lowest BCUT2D eigenvalue weighted by molar-refractivity contribution is 0.167. The summed E-state index contributed by atoms with van der Waals surface area (Å²) < 4.78 is 1.68. The van der Waals surface area contributed by atoms with Crippen molar-refractivity contribution in [1.82, 2.24) is 19.4 Å². The third-order valence-electron chi connectivity index (χ3n) is 4.46. The summed E-state index contributed by atoms with van der Waals surface area (Å²) in [5, 5.41) is 1.52. The normalized spacial score (nSPS) is 12.3. The Labute approximate surface area is 146 Å². The van der Waals surface area contributed by atoms with Crippen LogP contribution < -0.4 is 5.56 Å². The predicted molar refractivity (Wildman–Crippen MR) is 99.8 cm³/mol. The number of nitrogens with one attached hydrogen (secondary N) is 1. The van der Waals surface area contributed by atoms with E-state index in [1.54, 1.807) is 17.0 Å². The first-order valence-electron chi connectivity index (χ1n) is 8.30. The number of H-pyrrole nitrogens is 1. The average molecular weight is 347 g/mol. The zero-order valence-corrected chi connectivity index (χ0v) is 15.3. The van der Waals surface area contributed by atoms with E-state index >= 15 is 0 Å². The standard InChI is InChI=1S/C18H23ClN4O/c1-11(2)23(12(3)4)8-7-22-10-20-16-14-9-13(19)5-6-15(14)21-17(16)18(22)24/h5-6,9-12,21H,7-8H2,1-4H3. The van der Waals surface area contributed by atoms with Crippen LogP contribution in [0, 0.1) is 0 Å². The van der Waals surface area contributed by atoms with Crippen LogP contribution in [0.4, 0.5) is 0 Å². The molecule has 6 heteroatoms. The zero-order valence-electron chi connectivity index (χ0n) is 14.5. The van der Waals surface area contributed by atoms with Crippen molar-refractivity contribution in [1.29, 1.82) is 0 Å². The molecule has 0 aliphatic rings. The number of halogens is 1. The van der Waals surface area contributed by atoms with Crippen molar-refractivity contribution >= 4 is 33.5 Å². The van der Waals surface area contributed by atoms with Crippen LogP contribution in [0.5, 0.6) is 0 Å². The number of nitrogens with zero attached hydrogens (tertiary/aromatic N) is 3. The minimum absolute atomic E-state index is 0.0419. The molecule has 2 heterocycles. The van der Waals surface area contributed by atoms with Gasteiger partial charge >= 0.3 is 0 Å². The summed E-state index contributed by atoms with van der Waals surface area (Å²) in [6.07, 6.45) is 1.64. The Hall–Kier alpha value is -1.85. The van der Waals surface area contributed by atoms with E-state index in [9.17, 15) is 4.79 Å². The van der Waals surface area contributed by atoms with E-state index in [4.69, 9.17) is 11.6 Å². The Bertz CT molecular complexity index is 918. The molecule has 1 N–H and O–H groups in total. The van der Waals surface area contributed by atoms with E-state index in [-0.39, 0.29) is 5.56 Å².